The van der Waals surface area contributed by atoms with E-state index in [-0.39, 0.29) is 27.1 Å². The first-order chi connectivity index (χ1) is 18.7. The minimum atomic E-state index is -0.413. The van der Waals surface area contributed by atoms with Crippen LogP contribution in [0.15, 0.2) is 48.6 Å². The first kappa shape index (κ1) is 32.6. The van der Waals surface area contributed by atoms with Crippen LogP contribution in [-0.2, 0) is 15.6 Å². The summed E-state index contributed by atoms with van der Waals surface area (Å²) >= 11 is 0. The molecule has 2 aromatic carbocycles. The number of likely N-dealkylation sites (tertiary alicyclic amines) is 1. The van der Waals surface area contributed by atoms with Crippen LogP contribution in [0.5, 0.6) is 0 Å². The molecule has 1 aliphatic heterocycles. The lowest BCUT2D eigenvalue weighted by Gasteiger charge is -2.21. The SMILES string of the molecule is CC(C)(C)c1ccc([N+](=O)[O-])cc1/C=C/CC=O.CC(C)(C)c1ccc([N+](=O)[O-])cc1/C=C/CCN1CCCC1. The Balaban J connectivity index is 0.000000286. The van der Waals surface area contributed by atoms with Gasteiger partial charge < -0.3 is 9.69 Å². The predicted molar refractivity (Wildman–Crippen MR) is 163 cm³/mol. The van der Waals surface area contributed by atoms with Crippen LogP contribution in [0.4, 0.5) is 11.4 Å². The number of benzene rings is 2. The number of hydrogen-bond acceptors (Lipinski definition) is 6. The van der Waals surface area contributed by atoms with Crippen molar-refractivity contribution < 1.29 is 14.6 Å². The first-order valence-electron chi connectivity index (χ1n) is 13.8. The number of non-ortho nitro benzene ring substituents is 2. The highest BCUT2D eigenvalue weighted by Gasteiger charge is 2.20. The number of rotatable bonds is 9. The van der Waals surface area contributed by atoms with E-state index in [4.69, 9.17) is 0 Å². The van der Waals surface area contributed by atoms with E-state index in [1.165, 1.54) is 32.0 Å². The fraction of sp³-hybridized carbons (Fsp3) is 0.469. The monoisotopic (exact) mass is 549 g/mol. The number of aldehydes is 1. The van der Waals surface area contributed by atoms with Gasteiger partial charge in [0.1, 0.15) is 6.29 Å². The van der Waals surface area contributed by atoms with Crippen LogP contribution < -0.4 is 0 Å². The molecule has 0 N–H and O–H groups in total. The van der Waals surface area contributed by atoms with Gasteiger partial charge in [-0.3, -0.25) is 20.2 Å². The second kappa shape index (κ2) is 14.7. The first-order valence-corrected chi connectivity index (χ1v) is 13.8. The summed E-state index contributed by atoms with van der Waals surface area (Å²) in [4.78, 5) is 33.8. The maximum absolute atomic E-state index is 11.0. The Kier molecular flexibility index (Phi) is 11.9. The zero-order chi connectivity index (χ0) is 29.9. The van der Waals surface area contributed by atoms with E-state index >= 15 is 0 Å². The van der Waals surface area contributed by atoms with Crippen molar-refractivity contribution in [2.45, 2.75) is 78.1 Å². The van der Waals surface area contributed by atoms with Crippen molar-refractivity contribution in [1.29, 1.82) is 0 Å². The van der Waals surface area contributed by atoms with Gasteiger partial charge in [0.25, 0.3) is 11.4 Å². The van der Waals surface area contributed by atoms with Gasteiger partial charge in [0, 0.05) is 37.2 Å². The molecule has 40 heavy (non-hydrogen) atoms. The lowest BCUT2D eigenvalue weighted by Crippen LogP contribution is -2.19. The Morgan fingerprint density at radius 1 is 0.775 bits per heavy atom. The Bertz CT molecular complexity index is 1230. The van der Waals surface area contributed by atoms with Gasteiger partial charge in [0.05, 0.1) is 9.85 Å². The van der Waals surface area contributed by atoms with Crippen LogP contribution in [0.1, 0.15) is 89.5 Å². The maximum Gasteiger partial charge on any atom is 0.270 e. The second-order valence-corrected chi connectivity index (χ2v) is 12.1. The molecule has 1 aliphatic rings. The van der Waals surface area contributed by atoms with Crippen molar-refractivity contribution >= 4 is 29.8 Å². The van der Waals surface area contributed by atoms with Gasteiger partial charge in [-0.05, 0) is 65.4 Å². The summed E-state index contributed by atoms with van der Waals surface area (Å²) in [5.41, 5.74) is 4.02. The Hall–Kier alpha value is -3.65. The molecule has 216 valence electrons. The topological polar surface area (TPSA) is 107 Å². The molecular weight excluding hydrogens is 506 g/mol. The summed E-state index contributed by atoms with van der Waals surface area (Å²) in [6.45, 7) is 16.0. The summed E-state index contributed by atoms with van der Waals surface area (Å²) in [7, 11) is 0. The molecule has 0 aromatic heterocycles. The van der Waals surface area contributed by atoms with Crippen molar-refractivity contribution in [3.8, 4) is 0 Å². The lowest BCUT2D eigenvalue weighted by molar-refractivity contribution is -0.385. The molecular formula is C32H43N3O5. The quantitative estimate of drug-likeness (QED) is 0.179. The second-order valence-electron chi connectivity index (χ2n) is 12.1. The maximum atomic E-state index is 11.0. The Labute approximate surface area is 238 Å². The fourth-order valence-electron chi connectivity index (χ4n) is 4.69. The van der Waals surface area contributed by atoms with Gasteiger partial charge in [-0.25, -0.2) is 0 Å². The van der Waals surface area contributed by atoms with Crippen molar-refractivity contribution in [3.63, 3.8) is 0 Å². The molecule has 0 atom stereocenters. The number of carbonyl (C=O) groups is 1. The van der Waals surface area contributed by atoms with Gasteiger partial charge in [-0.2, -0.15) is 0 Å². The molecule has 0 spiro atoms. The van der Waals surface area contributed by atoms with E-state index in [0.29, 0.717) is 6.42 Å². The summed E-state index contributed by atoms with van der Waals surface area (Å²) in [6, 6.07) is 10.0. The molecule has 0 bridgehead atoms. The van der Waals surface area contributed by atoms with Gasteiger partial charge >= 0.3 is 0 Å². The molecule has 1 saturated heterocycles. The molecule has 0 unspecified atom stereocenters. The Morgan fingerprint density at radius 2 is 1.23 bits per heavy atom. The van der Waals surface area contributed by atoms with Crippen LogP contribution in [-0.4, -0.2) is 40.7 Å². The summed E-state index contributed by atoms with van der Waals surface area (Å²) < 4.78 is 0. The van der Waals surface area contributed by atoms with E-state index in [0.717, 1.165) is 41.5 Å². The minimum absolute atomic E-state index is 0.0241. The standard InChI is InChI=1S/C18H26N2O2.C14H17NO3/c1-18(2,3)17-10-9-16(20(21)22)14-15(17)8-4-5-11-19-12-6-7-13-19;1-14(2,3)13-8-7-12(15(17)18)10-11(13)6-4-5-9-16/h4,8-10,14H,5-7,11-13H2,1-3H3;4,6-10H,5H2,1-3H3/b8-4+;6-4+. The summed E-state index contributed by atoms with van der Waals surface area (Å²) in [6.07, 6.45) is 12.4. The van der Waals surface area contributed by atoms with Crippen LogP contribution in [0.2, 0.25) is 0 Å². The largest absolute Gasteiger partial charge is 0.303 e. The molecule has 0 saturated carbocycles. The van der Waals surface area contributed by atoms with Gasteiger partial charge in [0.15, 0.2) is 0 Å². The van der Waals surface area contributed by atoms with E-state index in [2.05, 4.69) is 31.7 Å². The molecule has 2 aromatic rings. The molecule has 3 rings (SSSR count). The molecule has 0 aliphatic carbocycles. The van der Waals surface area contributed by atoms with Crippen LogP contribution in [0.3, 0.4) is 0 Å². The van der Waals surface area contributed by atoms with E-state index in [9.17, 15) is 25.0 Å². The summed E-state index contributed by atoms with van der Waals surface area (Å²) in [5, 5.41) is 21.8. The normalized spacial score (nSPS) is 14.3. The summed E-state index contributed by atoms with van der Waals surface area (Å²) in [5.74, 6) is 0. The van der Waals surface area contributed by atoms with E-state index < -0.39 is 4.92 Å². The number of carbonyl (C=O) groups excluding carboxylic acids is 1. The third kappa shape index (κ3) is 10.2. The zero-order valence-corrected chi connectivity index (χ0v) is 24.7. The molecule has 1 heterocycles. The number of nitro benzene ring substituents is 2. The zero-order valence-electron chi connectivity index (χ0n) is 24.7. The molecule has 1 fully saturated rings. The third-order valence-corrected chi connectivity index (χ3v) is 6.75. The molecule has 8 heteroatoms. The third-order valence-electron chi connectivity index (χ3n) is 6.75. The van der Waals surface area contributed by atoms with Gasteiger partial charge in [-0.1, -0.05) is 78.0 Å². The predicted octanol–water partition coefficient (Wildman–Crippen LogP) is 7.89. The smallest absolute Gasteiger partial charge is 0.270 e. The van der Waals surface area contributed by atoms with Crippen molar-refractivity contribution in [2.75, 3.05) is 19.6 Å². The molecule has 8 nitrogen and oxygen atoms in total. The van der Waals surface area contributed by atoms with Crippen molar-refractivity contribution in [3.05, 3.63) is 91.0 Å². The molecule has 0 amide bonds. The average molecular weight is 550 g/mol. The van der Waals surface area contributed by atoms with Gasteiger partial charge in [-0.15, -0.1) is 0 Å². The van der Waals surface area contributed by atoms with Crippen molar-refractivity contribution in [2.24, 2.45) is 0 Å². The highest BCUT2D eigenvalue weighted by molar-refractivity contribution is 5.63. The number of hydrogen-bond donors (Lipinski definition) is 0. The minimum Gasteiger partial charge on any atom is -0.303 e. The molecule has 0 radical (unpaired) electrons. The highest BCUT2D eigenvalue weighted by atomic mass is 16.6. The number of allylic oxidation sites excluding steroid dienone is 1. The van der Waals surface area contributed by atoms with Crippen LogP contribution in [0, 0.1) is 20.2 Å². The fourth-order valence-corrected chi connectivity index (χ4v) is 4.69. The number of nitro groups is 2. The van der Waals surface area contributed by atoms with Crippen molar-refractivity contribution in [1.82, 2.24) is 4.90 Å². The highest BCUT2D eigenvalue weighted by Crippen LogP contribution is 2.31. The van der Waals surface area contributed by atoms with E-state index in [1.807, 2.05) is 32.9 Å². The van der Waals surface area contributed by atoms with Crippen LogP contribution in [0.25, 0.3) is 12.2 Å². The lowest BCUT2D eigenvalue weighted by atomic mass is 9.83. The van der Waals surface area contributed by atoms with Gasteiger partial charge in [0.2, 0.25) is 0 Å². The van der Waals surface area contributed by atoms with E-state index in [1.54, 1.807) is 36.4 Å². The Morgan fingerprint density at radius 3 is 1.62 bits per heavy atom. The average Bonchev–Trinajstić information content (AvgIpc) is 3.39. The number of nitrogens with zero attached hydrogens (tertiary/aromatic N) is 3. The van der Waals surface area contributed by atoms with Crippen LogP contribution >= 0.6 is 0 Å².